The van der Waals surface area contributed by atoms with Crippen molar-refractivity contribution in [3.05, 3.63) is 63.5 Å². The van der Waals surface area contributed by atoms with Crippen molar-refractivity contribution in [1.29, 1.82) is 0 Å². The third kappa shape index (κ3) is 4.22. The molecule has 3 aromatic rings. The van der Waals surface area contributed by atoms with Crippen molar-refractivity contribution in [2.75, 3.05) is 5.32 Å². The van der Waals surface area contributed by atoms with E-state index in [2.05, 4.69) is 15.2 Å². The van der Waals surface area contributed by atoms with Crippen LogP contribution < -0.4 is 15.6 Å². The van der Waals surface area contributed by atoms with Crippen molar-refractivity contribution in [2.45, 2.75) is 20.1 Å². The molecule has 0 spiro atoms. The van der Waals surface area contributed by atoms with E-state index in [9.17, 15) is 18.4 Å². The molecule has 3 rings (SSSR count). The lowest BCUT2D eigenvalue weighted by atomic mass is 10.1. The molecule has 0 saturated heterocycles. The average molecular weight is 394 g/mol. The molecule has 9 heteroatoms. The highest BCUT2D eigenvalue weighted by molar-refractivity contribution is 6.32. The quantitative estimate of drug-likeness (QED) is 0.718. The van der Waals surface area contributed by atoms with Gasteiger partial charge in [0.15, 0.2) is 0 Å². The highest BCUT2D eigenvalue weighted by Crippen LogP contribution is 2.28. The van der Waals surface area contributed by atoms with Gasteiger partial charge in [-0.2, -0.15) is 13.9 Å². The summed E-state index contributed by atoms with van der Waals surface area (Å²) in [6, 6.07) is 10.9. The number of aryl methyl sites for hydroxylation is 1. The first kappa shape index (κ1) is 18.8. The Balaban J connectivity index is 1.79. The number of hydrogen-bond acceptors (Lipinski definition) is 4. The van der Waals surface area contributed by atoms with Crippen LogP contribution in [0.3, 0.4) is 0 Å². The van der Waals surface area contributed by atoms with E-state index in [0.29, 0.717) is 11.1 Å². The second kappa shape index (κ2) is 7.71. The van der Waals surface area contributed by atoms with Crippen LogP contribution in [0.25, 0.3) is 10.8 Å². The smallest absolute Gasteiger partial charge is 0.387 e. The van der Waals surface area contributed by atoms with E-state index in [4.69, 9.17) is 11.6 Å². The summed E-state index contributed by atoms with van der Waals surface area (Å²) in [6.45, 7) is -1.56. The van der Waals surface area contributed by atoms with Gasteiger partial charge in [-0.05, 0) is 31.2 Å². The van der Waals surface area contributed by atoms with Crippen molar-refractivity contribution in [3.63, 3.8) is 0 Å². The van der Waals surface area contributed by atoms with Crippen molar-refractivity contribution in [1.82, 2.24) is 9.78 Å². The van der Waals surface area contributed by atoms with Gasteiger partial charge in [-0.3, -0.25) is 9.59 Å². The summed E-state index contributed by atoms with van der Waals surface area (Å²) in [6.07, 6.45) is 0. The molecule has 1 aromatic heterocycles. The van der Waals surface area contributed by atoms with Crippen LogP contribution in [0, 0.1) is 6.92 Å². The van der Waals surface area contributed by atoms with E-state index in [-0.39, 0.29) is 28.6 Å². The van der Waals surface area contributed by atoms with Crippen LogP contribution in [0.5, 0.6) is 5.75 Å². The molecule has 0 bridgehead atoms. The highest BCUT2D eigenvalue weighted by Gasteiger charge is 2.13. The number of fused-ring (bicyclic) bond motifs is 1. The minimum Gasteiger partial charge on any atom is -0.433 e. The van der Waals surface area contributed by atoms with Gasteiger partial charge in [-0.1, -0.05) is 29.8 Å². The lowest BCUT2D eigenvalue weighted by molar-refractivity contribution is -0.117. The molecule has 0 fully saturated rings. The van der Waals surface area contributed by atoms with Gasteiger partial charge in [0.2, 0.25) is 5.91 Å². The Morgan fingerprint density at radius 2 is 1.96 bits per heavy atom. The number of alkyl halides is 2. The molecular formula is C18H14ClF2N3O3. The summed E-state index contributed by atoms with van der Waals surface area (Å²) in [5.74, 6) is -0.717. The molecule has 1 heterocycles. The Morgan fingerprint density at radius 1 is 1.26 bits per heavy atom. The van der Waals surface area contributed by atoms with Crippen LogP contribution in [0.15, 0.2) is 47.3 Å². The number of rotatable bonds is 5. The SMILES string of the molecule is Cc1nn(CC(=O)Nc2ccc(OC(F)F)c(Cl)c2)c(=O)c2ccccc12. The average Bonchev–Trinajstić information content (AvgIpc) is 2.61. The number of carbonyl (C=O) groups excluding carboxylic acids is 1. The van der Waals surface area contributed by atoms with Gasteiger partial charge in [0.1, 0.15) is 12.3 Å². The highest BCUT2D eigenvalue weighted by atomic mass is 35.5. The maximum atomic E-state index is 12.5. The van der Waals surface area contributed by atoms with E-state index in [0.717, 1.165) is 10.1 Å². The topological polar surface area (TPSA) is 73.2 Å². The lowest BCUT2D eigenvalue weighted by Crippen LogP contribution is -2.30. The van der Waals surface area contributed by atoms with Crippen molar-refractivity contribution in [2.24, 2.45) is 0 Å². The lowest BCUT2D eigenvalue weighted by Gasteiger charge is -2.11. The Labute approximate surface area is 157 Å². The molecule has 0 aliphatic heterocycles. The zero-order valence-corrected chi connectivity index (χ0v) is 14.8. The predicted molar refractivity (Wildman–Crippen MR) is 97.5 cm³/mol. The fraction of sp³-hybridized carbons (Fsp3) is 0.167. The number of nitrogens with zero attached hydrogens (tertiary/aromatic N) is 2. The summed E-state index contributed by atoms with van der Waals surface area (Å²) in [4.78, 5) is 24.7. The van der Waals surface area contributed by atoms with Gasteiger partial charge in [0, 0.05) is 11.1 Å². The molecule has 0 unspecified atom stereocenters. The number of anilines is 1. The fourth-order valence-electron chi connectivity index (χ4n) is 2.62. The summed E-state index contributed by atoms with van der Waals surface area (Å²) in [5.41, 5.74) is 0.511. The maximum Gasteiger partial charge on any atom is 0.387 e. The molecule has 1 amide bonds. The van der Waals surface area contributed by atoms with Crippen LogP contribution in [-0.4, -0.2) is 22.3 Å². The van der Waals surface area contributed by atoms with Gasteiger partial charge >= 0.3 is 6.61 Å². The summed E-state index contributed by atoms with van der Waals surface area (Å²) >= 11 is 5.85. The van der Waals surface area contributed by atoms with Gasteiger partial charge < -0.3 is 10.1 Å². The van der Waals surface area contributed by atoms with E-state index in [1.807, 2.05) is 0 Å². The van der Waals surface area contributed by atoms with Crippen LogP contribution >= 0.6 is 11.6 Å². The molecule has 0 atom stereocenters. The monoisotopic (exact) mass is 393 g/mol. The predicted octanol–water partition coefficient (Wildman–Crippen LogP) is 3.60. The summed E-state index contributed by atoms with van der Waals surface area (Å²) in [5, 5.41) is 7.81. The number of hydrogen-bond donors (Lipinski definition) is 1. The standard InChI is InChI=1S/C18H14ClF2N3O3/c1-10-12-4-2-3-5-13(12)17(26)24(23-10)9-16(25)22-11-6-7-15(14(19)8-11)27-18(20)21/h2-8,18H,9H2,1H3,(H,22,25). The normalized spacial score (nSPS) is 11.0. The van der Waals surface area contributed by atoms with Crippen LogP contribution in [0.2, 0.25) is 5.02 Å². The Bertz CT molecular complexity index is 1070. The molecule has 6 nitrogen and oxygen atoms in total. The van der Waals surface area contributed by atoms with Crippen LogP contribution in [-0.2, 0) is 11.3 Å². The molecule has 140 valence electrons. The minimum absolute atomic E-state index is 0.0788. The second-order valence-corrected chi connectivity index (χ2v) is 6.07. The van der Waals surface area contributed by atoms with Crippen LogP contribution in [0.4, 0.5) is 14.5 Å². The summed E-state index contributed by atoms with van der Waals surface area (Å²) in [7, 11) is 0. The second-order valence-electron chi connectivity index (χ2n) is 5.67. The van der Waals surface area contributed by atoms with Gasteiger partial charge in [0.05, 0.1) is 16.1 Å². The summed E-state index contributed by atoms with van der Waals surface area (Å²) < 4.78 is 29.8. The Hall–Kier alpha value is -3.00. The zero-order chi connectivity index (χ0) is 19.6. The van der Waals surface area contributed by atoms with Crippen molar-refractivity contribution >= 4 is 34.0 Å². The first-order valence-electron chi connectivity index (χ1n) is 7.86. The minimum atomic E-state index is -3.00. The number of carbonyl (C=O) groups is 1. The van der Waals surface area contributed by atoms with E-state index >= 15 is 0 Å². The third-order valence-electron chi connectivity index (χ3n) is 3.78. The largest absolute Gasteiger partial charge is 0.433 e. The molecule has 0 aliphatic rings. The Morgan fingerprint density at radius 3 is 2.63 bits per heavy atom. The molecular weight excluding hydrogens is 380 g/mol. The number of nitrogens with one attached hydrogen (secondary N) is 1. The molecule has 2 aromatic carbocycles. The van der Waals surface area contributed by atoms with Gasteiger partial charge in [0.25, 0.3) is 5.56 Å². The fourth-order valence-corrected chi connectivity index (χ4v) is 2.84. The molecule has 27 heavy (non-hydrogen) atoms. The number of ether oxygens (including phenoxy) is 1. The van der Waals surface area contributed by atoms with Gasteiger partial charge in [-0.25, -0.2) is 4.68 Å². The number of amides is 1. The van der Waals surface area contributed by atoms with E-state index in [1.54, 1.807) is 31.2 Å². The maximum absolute atomic E-state index is 12.5. The first-order valence-corrected chi connectivity index (χ1v) is 8.23. The van der Waals surface area contributed by atoms with E-state index < -0.39 is 12.5 Å². The molecule has 1 N–H and O–H groups in total. The van der Waals surface area contributed by atoms with Crippen molar-refractivity contribution in [3.8, 4) is 5.75 Å². The first-order chi connectivity index (χ1) is 12.8. The number of halogens is 3. The number of benzene rings is 2. The number of aromatic nitrogens is 2. The molecule has 0 aliphatic carbocycles. The van der Waals surface area contributed by atoms with Crippen molar-refractivity contribution < 1.29 is 18.3 Å². The zero-order valence-electron chi connectivity index (χ0n) is 14.1. The molecule has 0 radical (unpaired) electrons. The van der Waals surface area contributed by atoms with Gasteiger partial charge in [-0.15, -0.1) is 0 Å². The van der Waals surface area contributed by atoms with Crippen LogP contribution in [0.1, 0.15) is 5.69 Å². The third-order valence-corrected chi connectivity index (χ3v) is 4.07. The van der Waals surface area contributed by atoms with E-state index in [1.165, 1.54) is 18.2 Å². The molecule has 0 saturated carbocycles. The Kier molecular flexibility index (Phi) is 5.36.